The van der Waals surface area contributed by atoms with Gasteiger partial charge in [-0.05, 0) is 24.5 Å². The van der Waals surface area contributed by atoms with E-state index < -0.39 is 0 Å². The molecule has 1 fully saturated rings. The van der Waals surface area contributed by atoms with E-state index in [4.69, 9.17) is 0 Å². The number of piperazine rings is 1. The van der Waals surface area contributed by atoms with Crippen LogP contribution in [0.15, 0.2) is 59.4 Å². The molecule has 0 spiro atoms. The summed E-state index contributed by atoms with van der Waals surface area (Å²) in [7, 11) is 0. The lowest BCUT2D eigenvalue weighted by Gasteiger charge is -2.28. The molecule has 4 rings (SSSR count). The SMILES string of the molecule is Cc1ccccc1-n1c(-c2ccccc2)c(C(=O)N2CCNCC2)n(CCNC(=O)CC(C)C)c1=O. The molecule has 2 N–H and O–H groups in total. The first-order valence-corrected chi connectivity index (χ1v) is 12.6. The summed E-state index contributed by atoms with van der Waals surface area (Å²) < 4.78 is 3.19. The minimum Gasteiger partial charge on any atom is -0.354 e. The fourth-order valence-electron chi connectivity index (χ4n) is 4.64. The third kappa shape index (κ3) is 5.44. The first kappa shape index (κ1) is 25.4. The summed E-state index contributed by atoms with van der Waals surface area (Å²) in [6, 6.07) is 17.3. The number of hydrogen-bond donors (Lipinski definition) is 2. The van der Waals surface area contributed by atoms with E-state index in [1.807, 2.05) is 75.4 Å². The highest BCUT2D eigenvalue weighted by Crippen LogP contribution is 2.28. The predicted octanol–water partition coefficient (Wildman–Crippen LogP) is 2.82. The minimum atomic E-state index is -0.292. The van der Waals surface area contributed by atoms with Crippen molar-refractivity contribution in [2.45, 2.75) is 33.7 Å². The molecule has 8 heteroatoms. The summed E-state index contributed by atoms with van der Waals surface area (Å²) in [5.74, 6) is 0.00680. The number of aryl methyl sites for hydroxylation is 1. The number of rotatable bonds is 8. The Morgan fingerprint density at radius 2 is 1.67 bits per heavy atom. The van der Waals surface area contributed by atoms with Crippen LogP contribution in [-0.2, 0) is 11.3 Å². The molecule has 0 aliphatic carbocycles. The van der Waals surface area contributed by atoms with Crippen LogP contribution < -0.4 is 16.3 Å². The van der Waals surface area contributed by atoms with Gasteiger partial charge >= 0.3 is 5.69 Å². The molecule has 0 atom stereocenters. The van der Waals surface area contributed by atoms with Crippen molar-refractivity contribution < 1.29 is 9.59 Å². The van der Waals surface area contributed by atoms with Crippen LogP contribution >= 0.6 is 0 Å². The molecule has 0 unspecified atom stereocenters. The van der Waals surface area contributed by atoms with Crippen molar-refractivity contribution in [3.8, 4) is 16.9 Å². The lowest BCUT2D eigenvalue weighted by Crippen LogP contribution is -2.47. The number of nitrogens with zero attached hydrogens (tertiary/aromatic N) is 3. The fourth-order valence-corrected chi connectivity index (χ4v) is 4.64. The number of imidazole rings is 1. The second-order valence-corrected chi connectivity index (χ2v) is 9.61. The maximum Gasteiger partial charge on any atom is 0.333 e. The molecule has 190 valence electrons. The van der Waals surface area contributed by atoms with Crippen molar-refractivity contribution in [3.63, 3.8) is 0 Å². The summed E-state index contributed by atoms with van der Waals surface area (Å²) in [5.41, 5.74) is 3.10. The molecule has 8 nitrogen and oxygen atoms in total. The van der Waals surface area contributed by atoms with E-state index in [0.29, 0.717) is 44.0 Å². The highest BCUT2D eigenvalue weighted by molar-refractivity contribution is 5.99. The van der Waals surface area contributed by atoms with Gasteiger partial charge in [0.15, 0.2) is 0 Å². The van der Waals surface area contributed by atoms with Gasteiger partial charge in [-0.15, -0.1) is 0 Å². The monoisotopic (exact) mass is 489 g/mol. The van der Waals surface area contributed by atoms with Gasteiger partial charge in [-0.3, -0.25) is 18.7 Å². The summed E-state index contributed by atoms with van der Waals surface area (Å²) in [6.07, 6.45) is 0.418. The zero-order chi connectivity index (χ0) is 25.7. The first-order valence-electron chi connectivity index (χ1n) is 12.6. The van der Waals surface area contributed by atoms with Crippen molar-refractivity contribution in [3.05, 3.63) is 76.3 Å². The Balaban J connectivity index is 1.87. The number of benzene rings is 2. The molecule has 2 aromatic carbocycles. The van der Waals surface area contributed by atoms with Crippen LogP contribution in [0.3, 0.4) is 0 Å². The van der Waals surface area contributed by atoms with Crippen molar-refractivity contribution in [2.24, 2.45) is 5.92 Å². The van der Waals surface area contributed by atoms with Gasteiger partial charge in [-0.1, -0.05) is 62.4 Å². The zero-order valence-corrected chi connectivity index (χ0v) is 21.3. The van der Waals surface area contributed by atoms with Crippen LogP contribution in [0.25, 0.3) is 16.9 Å². The van der Waals surface area contributed by atoms with Crippen molar-refractivity contribution in [1.29, 1.82) is 0 Å². The number of nitrogens with one attached hydrogen (secondary N) is 2. The number of amides is 2. The number of hydrogen-bond acceptors (Lipinski definition) is 4. The topological polar surface area (TPSA) is 88.4 Å². The molecule has 0 radical (unpaired) electrons. The molecule has 3 aromatic rings. The standard InChI is InChI=1S/C28H35N5O3/c1-20(2)19-24(34)30-15-18-32-26(27(35)31-16-13-29-14-17-31)25(22-10-5-4-6-11-22)33(28(32)36)23-12-8-7-9-21(23)3/h4-12,20,29H,13-19H2,1-3H3,(H,30,34). The molecule has 2 heterocycles. The Kier molecular flexibility index (Phi) is 8.05. The number of para-hydroxylation sites is 1. The van der Waals surface area contributed by atoms with Gasteiger partial charge in [0.2, 0.25) is 5.91 Å². The third-order valence-electron chi connectivity index (χ3n) is 6.40. The summed E-state index contributed by atoms with van der Waals surface area (Å²) in [5, 5.41) is 6.19. The van der Waals surface area contributed by atoms with E-state index in [0.717, 1.165) is 16.8 Å². The average Bonchev–Trinajstić information content (AvgIpc) is 3.16. The van der Waals surface area contributed by atoms with Crippen LogP contribution in [-0.4, -0.2) is 58.6 Å². The Hall–Kier alpha value is -3.65. The number of aromatic nitrogens is 2. The Labute approximate surface area is 211 Å². The van der Waals surface area contributed by atoms with Crippen LogP contribution in [0.2, 0.25) is 0 Å². The molecule has 0 bridgehead atoms. The Morgan fingerprint density at radius 3 is 2.33 bits per heavy atom. The molecular formula is C28H35N5O3. The largest absolute Gasteiger partial charge is 0.354 e. The first-order chi connectivity index (χ1) is 17.4. The maximum atomic E-state index is 14.0. The minimum absolute atomic E-state index is 0.0605. The van der Waals surface area contributed by atoms with E-state index in [-0.39, 0.29) is 36.5 Å². The van der Waals surface area contributed by atoms with E-state index >= 15 is 0 Å². The molecule has 2 amide bonds. The van der Waals surface area contributed by atoms with Crippen molar-refractivity contribution in [2.75, 3.05) is 32.7 Å². The smallest absolute Gasteiger partial charge is 0.333 e. The van der Waals surface area contributed by atoms with Crippen LogP contribution in [0.5, 0.6) is 0 Å². The van der Waals surface area contributed by atoms with Crippen LogP contribution in [0.1, 0.15) is 36.3 Å². The van der Waals surface area contributed by atoms with Crippen molar-refractivity contribution in [1.82, 2.24) is 24.7 Å². The molecular weight excluding hydrogens is 454 g/mol. The van der Waals surface area contributed by atoms with E-state index in [9.17, 15) is 14.4 Å². The quantitative estimate of drug-likeness (QED) is 0.509. The molecule has 1 saturated heterocycles. The van der Waals surface area contributed by atoms with Gasteiger partial charge in [0.1, 0.15) is 5.69 Å². The summed E-state index contributed by atoms with van der Waals surface area (Å²) in [4.78, 5) is 42.1. The normalized spacial score (nSPS) is 13.7. The summed E-state index contributed by atoms with van der Waals surface area (Å²) >= 11 is 0. The number of carbonyl (C=O) groups is 2. The van der Waals surface area contributed by atoms with Gasteiger partial charge in [-0.2, -0.15) is 0 Å². The number of carbonyl (C=O) groups excluding carboxylic acids is 2. The van der Waals surface area contributed by atoms with Gasteiger partial charge in [0, 0.05) is 51.3 Å². The lowest BCUT2D eigenvalue weighted by molar-refractivity contribution is -0.121. The van der Waals surface area contributed by atoms with E-state index in [1.54, 1.807) is 9.47 Å². The van der Waals surface area contributed by atoms with E-state index in [1.165, 1.54) is 4.57 Å². The van der Waals surface area contributed by atoms with E-state index in [2.05, 4.69) is 10.6 Å². The zero-order valence-electron chi connectivity index (χ0n) is 21.3. The molecule has 1 aromatic heterocycles. The van der Waals surface area contributed by atoms with Crippen molar-refractivity contribution >= 4 is 11.8 Å². The Morgan fingerprint density at radius 1 is 1.00 bits per heavy atom. The average molecular weight is 490 g/mol. The Bertz CT molecular complexity index is 1270. The van der Waals surface area contributed by atoms with Gasteiger partial charge in [-0.25, -0.2) is 4.79 Å². The third-order valence-corrected chi connectivity index (χ3v) is 6.40. The van der Waals surface area contributed by atoms with Crippen LogP contribution in [0.4, 0.5) is 0 Å². The highest BCUT2D eigenvalue weighted by Gasteiger charge is 2.31. The second-order valence-electron chi connectivity index (χ2n) is 9.61. The summed E-state index contributed by atoms with van der Waals surface area (Å²) in [6.45, 7) is 8.96. The molecule has 1 aliphatic heterocycles. The molecule has 0 saturated carbocycles. The van der Waals surface area contributed by atoms with Crippen LogP contribution in [0, 0.1) is 12.8 Å². The second kappa shape index (κ2) is 11.4. The molecule has 1 aliphatic rings. The maximum absolute atomic E-state index is 14.0. The molecule has 36 heavy (non-hydrogen) atoms. The van der Waals surface area contributed by atoms with Gasteiger partial charge in [0.25, 0.3) is 5.91 Å². The van der Waals surface area contributed by atoms with Gasteiger partial charge in [0.05, 0.1) is 11.4 Å². The highest BCUT2D eigenvalue weighted by atomic mass is 16.2. The predicted molar refractivity (Wildman–Crippen MR) is 141 cm³/mol. The lowest BCUT2D eigenvalue weighted by atomic mass is 10.1. The fraction of sp³-hybridized carbons (Fsp3) is 0.393. The van der Waals surface area contributed by atoms with Gasteiger partial charge < -0.3 is 15.5 Å².